The molecule has 4 aliphatic rings. The Morgan fingerprint density at radius 2 is 2.16 bits per heavy atom. The molecule has 0 aliphatic heterocycles. The van der Waals surface area contributed by atoms with Crippen molar-refractivity contribution in [1.82, 2.24) is 0 Å². The molecule has 0 radical (unpaired) electrons. The van der Waals surface area contributed by atoms with Gasteiger partial charge in [-0.05, 0) is 78.4 Å². The third-order valence-electron chi connectivity index (χ3n) is 8.07. The molecule has 0 bridgehead atoms. The summed E-state index contributed by atoms with van der Waals surface area (Å²) in [5, 5.41) is 21.2. The zero-order valence-corrected chi connectivity index (χ0v) is 16.9. The summed E-state index contributed by atoms with van der Waals surface area (Å²) >= 11 is 2.20. The predicted molar refractivity (Wildman–Crippen MR) is 105 cm³/mol. The van der Waals surface area contributed by atoms with Crippen molar-refractivity contribution in [2.45, 2.75) is 57.5 Å². The summed E-state index contributed by atoms with van der Waals surface area (Å²) in [6.45, 7) is 2.25. The Labute approximate surface area is 163 Å². The molecule has 0 amide bonds. The van der Waals surface area contributed by atoms with Crippen molar-refractivity contribution in [3.05, 3.63) is 21.8 Å². The molecular formula is C21H26INO2. The minimum Gasteiger partial charge on any atom is -0.385 e. The van der Waals surface area contributed by atoms with Crippen LogP contribution < -0.4 is 0 Å². The second-order valence-electron chi connectivity index (χ2n) is 8.83. The number of nitriles is 1. The number of carbonyl (C=O) groups is 1. The van der Waals surface area contributed by atoms with Gasteiger partial charge in [0.05, 0.1) is 17.6 Å². The summed E-state index contributed by atoms with van der Waals surface area (Å²) in [6, 6.07) is 2.59. The van der Waals surface area contributed by atoms with Crippen LogP contribution in [0.5, 0.6) is 0 Å². The molecule has 4 heteroatoms. The van der Waals surface area contributed by atoms with Crippen molar-refractivity contribution in [2.24, 2.45) is 35.0 Å². The average Bonchev–Trinajstić information content (AvgIpc) is 2.85. The number of aliphatic hydroxyl groups is 1. The molecule has 0 heterocycles. The second kappa shape index (κ2) is 6.20. The Bertz CT molecular complexity index is 692. The SMILES string of the molecule is C[C@]12CCC3C4CCC(=O)C=C4CC(C#N)C3C1CC[C@@]2(O)/C=C/I. The zero-order valence-electron chi connectivity index (χ0n) is 14.7. The van der Waals surface area contributed by atoms with Gasteiger partial charge in [-0.15, -0.1) is 0 Å². The van der Waals surface area contributed by atoms with Gasteiger partial charge in [0, 0.05) is 11.8 Å². The van der Waals surface area contributed by atoms with E-state index in [1.807, 2.05) is 16.2 Å². The number of halogens is 1. The fraction of sp³-hybridized carbons (Fsp3) is 0.714. The molecule has 7 atom stereocenters. The highest BCUT2D eigenvalue weighted by Crippen LogP contribution is 2.66. The van der Waals surface area contributed by atoms with E-state index in [-0.39, 0.29) is 17.1 Å². The lowest BCUT2D eigenvalue weighted by atomic mass is 9.48. The maximum atomic E-state index is 11.9. The molecule has 1 N–H and O–H groups in total. The topological polar surface area (TPSA) is 61.1 Å². The van der Waals surface area contributed by atoms with Gasteiger partial charge < -0.3 is 5.11 Å². The smallest absolute Gasteiger partial charge is 0.155 e. The van der Waals surface area contributed by atoms with Crippen LogP contribution in [0.1, 0.15) is 51.9 Å². The lowest BCUT2D eigenvalue weighted by Crippen LogP contribution is -2.54. The molecule has 0 spiro atoms. The van der Waals surface area contributed by atoms with E-state index in [4.69, 9.17) is 0 Å². The minimum absolute atomic E-state index is 0.00560. The van der Waals surface area contributed by atoms with Gasteiger partial charge >= 0.3 is 0 Å². The van der Waals surface area contributed by atoms with Crippen LogP contribution in [0.15, 0.2) is 21.8 Å². The van der Waals surface area contributed by atoms with Crippen molar-refractivity contribution in [2.75, 3.05) is 0 Å². The molecule has 0 aromatic rings. The van der Waals surface area contributed by atoms with Gasteiger partial charge in [-0.25, -0.2) is 0 Å². The van der Waals surface area contributed by atoms with E-state index < -0.39 is 5.60 Å². The molecule has 25 heavy (non-hydrogen) atoms. The van der Waals surface area contributed by atoms with Crippen molar-refractivity contribution < 1.29 is 9.90 Å². The fourth-order valence-electron chi connectivity index (χ4n) is 6.79. The number of fused-ring (bicyclic) bond motifs is 5. The number of nitrogens with zero attached hydrogens (tertiary/aromatic N) is 1. The van der Waals surface area contributed by atoms with Crippen molar-refractivity contribution in [3.8, 4) is 6.07 Å². The van der Waals surface area contributed by atoms with Crippen molar-refractivity contribution >= 4 is 28.4 Å². The quantitative estimate of drug-likeness (QED) is 0.595. The maximum absolute atomic E-state index is 11.9. The summed E-state index contributed by atoms with van der Waals surface area (Å²) < 4.78 is 1.95. The molecule has 4 aliphatic carbocycles. The van der Waals surface area contributed by atoms with Crippen LogP contribution in [-0.2, 0) is 4.79 Å². The van der Waals surface area contributed by atoms with Crippen molar-refractivity contribution in [3.63, 3.8) is 0 Å². The van der Waals surface area contributed by atoms with Gasteiger partial charge in [0.25, 0.3) is 0 Å². The summed E-state index contributed by atoms with van der Waals surface area (Å²) in [7, 11) is 0. The van der Waals surface area contributed by atoms with Crippen LogP contribution in [0.25, 0.3) is 0 Å². The summed E-state index contributed by atoms with van der Waals surface area (Å²) in [4.78, 5) is 11.9. The molecule has 3 nitrogen and oxygen atoms in total. The van der Waals surface area contributed by atoms with Gasteiger partial charge in [-0.3, -0.25) is 4.79 Å². The van der Waals surface area contributed by atoms with Crippen LogP contribution >= 0.6 is 22.6 Å². The first-order valence-electron chi connectivity index (χ1n) is 9.57. The van der Waals surface area contributed by atoms with Crippen LogP contribution in [-0.4, -0.2) is 16.5 Å². The third-order valence-corrected chi connectivity index (χ3v) is 8.43. The normalized spacial score (nSPS) is 49.1. The number of hydrogen-bond acceptors (Lipinski definition) is 3. The number of carbonyl (C=O) groups excluding carboxylic acids is 1. The number of allylic oxidation sites excluding steroid dienone is 1. The number of rotatable bonds is 1. The van der Waals surface area contributed by atoms with E-state index in [9.17, 15) is 15.2 Å². The first kappa shape index (κ1) is 17.7. The Hall–Kier alpha value is -0.670. The van der Waals surface area contributed by atoms with Crippen LogP contribution in [0, 0.1) is 46.3 Å². The van der Waals surface area contributed by atoms with Gasteiger partial charge in [0.1, 0.15) is 0 Å². The monoisotopic (exact) mass is 451 g/mol. The molecule has 3 saturated carbocycles. The highest BCUT2D eigenvalue weighted by Gasteiger charge is 2.63. The summed E-state index contributed by atoms with van der Waals surface area (Å²) in [5.74, 6) is 2.02. The van der Waals surface area contributed by atoms with Gasteiger partial charge in [-0.1, -0.05) is 35.1 Å². The molecule has 134 valence electrons. The van der Waals surface area contributed by atoms with Crippen LogP contribution in [0.4, 0.5) is 0 Å². The summed E-state index contributed by atoms with van der Waals surface area (Å²) in [6.07, 6.45) is 10.1. The molecule has 4 rings (SSSR count). The van der Waals surface area contributed by atoms with E-state index in [0.717, 1.165) is 38.5 Å². The predicted octanol–water partition coefficient (Wildman–Crippen LogP) is 4.56. The molecule has 0 saturated heterocycles. The Balaban J connectivity index is 1.72. The Kier molecular flexibility index (Phi) is 4.39. The van der Waals surface area contributed by atoms with Gasteiger partial charge in [0.15, 0.2) is 5.78 Å². The molecule has 5 unspecified atom stereocenters. The Morgan fingerprint density at radius 3 is 2.88 bits per heavy atom. The van der Waals surface area contributed by atoms with Crippen LogP contribution in [0.2, 0.25) is 0 Å². The third kappa shape index (κ3) is 2.49. The lowest BCUT2D eigenvalue weighted by molar-refractivity contribution is -0.117. The van der Waals surface area contributed by atoms with Gasteiger partial charge in [0.2, 0.25) is 0 Å². The van der Waals surface area contributed by atoms with E-state index in [1.165, 1.54) is 5.57 Å². The zero-order chi connectivity index (χ0) is 17.8. The Morgan fingerprint density at radius 1 is 1.36 bits per heavy atom. The van der Waals surface area contributed by atoms with Crippen molar-refractivity contribution in [1.29, 1.82) is 5.26 Å². The fourth-order valence-corrected chi connectivity index (χ4v) is 7.39. The van der Waals surface area contributed by atoms with E-state index in [0.29, 0.717) is 30.1 Å². The van der Waals surface area contributed by atoms with E-state index in [2.05, 4.69) is 35.6 Å². The molecule has 0 aromatic carbocycles. The van der Waals surface area contributed by atoms with Crippen LogP contribution in [0.3, 0.4) is 0 Å². The standard InChI is InChI=1S/C21H26INO2/c1-20-6-4-17-16-3-2-15(24)11-13(16)10-14(12-23)19(17)18(20)5-7-21(20,25)8-9-22/h8-9,11,14,16-19,25H,2-7,10H2,1H3/b9-8+/t14?,16?,17?,18?,19?,20-,21+/m0/s1. The largest absolute Gasteiger partial charge is 0.385 e. The highest BCUT2D eigenvalue weighted by atomic mass is 127. The first-order chi connectivity index (χ1) is 11.9. The van der Waals surface area contributed by atoms with Gasteiger partial charge in [-0.2, -0.15) is 5.26 Å². The number of hydrogen-bond donors (Lipinski definition) is 1. The first-order valence-corrected chi connectivity index (χ1v) is 10.8. The second-order valence-corrected chi connectivity index (χ2v) is 9.55. The van der Waals surface area contributed by atoms with E-state index >= 15 is 0 Å². The van der Waals surface area contributed by atoms with E-state index in [1.54, 1.807) is 0 Å². The molecular weight excluding hydrogens is 425 g/mol. The minimum atomic E-state index is -0.734. The molecule has 3 fully saturated rings. The number of ketones is 1. The highest BCUT2D eigenvalue weighted by molar-refractivity contribution is 14.1. The molecule has 0 aromatic heterocycles. The maximum Gasteiger partial charge on any atom is 0.155 e. The average molecular weight is 451 g/mol. The lowest BCUT2D eigenvalue weighted by Gasteiger charge is -2.56. The summed E-state index contributed by atoms with van der Waals surface area (Å²) in [5.41, 5.74) is 0.382.